The van der Waals surface area contributed by atoms with Crippen LogP contribution in [-0.2, 0) is 0 Å². The second kappa shape index (κ2) is 3.35. The van der Waals surface area contributed by atoms with Gasteiger partial charge in [-0.3, -0.25) is 0 Å². The molecule has 0 spiro atoms. The zero-order valence-electron chi connectivity index (χ0n) is 8.08. The number of rotatable bonds is 0. The van der Waals surface area contributed by atoms with Crippen molar-refractivity contribution < 1.29 is 0 Å². The first-order valence-corrected chi connectivity index (χ1v) is 5.66. The Labute approximate surface area is 83.7 Å². The summed E-state index contributed by atoms with van der Waals surface area (Å²) in [7, 11) is 0. The summed E-state index contributed by atoms with van der Waals surface area (Å²) in [5.41, 5.74) is 8.85. The lowest BCUT2D eigenvalue weighted by Gasteiger charge is -2.28. The molecule has 2 heteroatoms. The number of hydrogen-bond donors (Lipinski definition) is 1. The third kappa shape index (κ3) is 1.49. The van der Waals surface area contributed by atoms with E-state index in [-0.39, 0.29) is 6.04 Å². The highest BCUT2D eigenvalue weighted by Crippen LogP contribution is 2.39. The fourth-order valence-corrected chi connectivity index (χ4v) is 3.06. The van der Waals surface area contributed by atoms with Crippen LogP contribution >= 0.6 is 11.8 Å². The van der Waals surface area contributed by atoms with Crippen molar-refractivity contribution in [2.45, 2.75) is 24.8 Å². The number of hydrogen-bond acceptors (Lipinski definition) is 2. The third-order valence-electron chi connectivity index (χ3n) is 2.71. The highest BCUT2D eigenvalue weighted by molar-refractivity contribution is 7.99. The summed E-state index contributed by atoms with van der Waals surface area (Å²) in [5, 5.41) is 0. The van der Waals surface area contributed by atoms with Crippen LogP contribution in [0.5, 0.6) is 0 Å². The highest BCUT2D eigenvalue weighted by Gasteiger charge is 2.24. The van der Waals surface area contributed by atoms with E-state index < -0.39 is 0 Å². The van der Waals surface area contributed by atoms with E-state index in [2.05, 4.69) is 32.0 Å². The van der Waals surface area contributed by atoms with Crippen LogP contribution in [0.25, 0.3) is 0 Å². The summed E-state index contributed by atoms with van der Waals surface area (Å²) < 4.78 is 0. The zero-order chi connectivity index (χ0) is 9.42. The van der Waals surface area contributed by atoms with Gasteiger partial charge in [-0.15, -0.1) is 11.8 Å². The molecule has 0 saturated carbocycles. The average Bonchev–Trinajstić information content (AvgIpc) is 2.12. The van der Waals surface area contributed by atoms with Gasteiger partial charge in [-0.05, 0) is 24.0 Å². The van der Waals surface area contributed by atoms with Crippen LogP contribution in [0.1, 0.15) is 24.1 Å². The van der Waals surface area contributed by atoms with Crippen molar-refractivity contribution in [2.24, 2.45) is 11.7 Å². The normalized spacial score (nSPS) is 27.0. The molecule has 0 fully saturated rings. The van der Waals surface area contributed by atoms with Crippen molar-refractivity contribution in [2.75, 3.05) is 5.75 Å². The van der Waals surface area contributed by atoms with Gasteiger partial charge in [0.2, 0.25) is 0 Å². The van der Waals surface area contributed by atoms with E-state index in [9.17, 15) is 0 Å². The van der Waals surface area contributed by atoms with Crippen molar-refractivity contribution in [3.8, 4) is 0 Å². The quantitative estimate of drug-likeness (QED) is 0.685. The van der Waals surface area contributed by atoms with E-state index in [1.807, 2.05) is 11.8 Å². The Morgan fingerprint density at radius 1 is 1.46 bits per heavy atom. The van der Waals surface area contributed by atoms with Crippen molar-refractivity contribution in [1.82, 2.24) is 0 Å². The lowest BCUT2D eigenvalue weighted by molar-refractivity contribution is 0.506. The maximum absolute atomic E-state index is 6.15. The van der Waals surface area contributed by atoms with E-state index in [1.54, 1.807) is 0 Å². The van der Waals surface area contributed by atoms with Gasteiger partial charge in [0.1, 0.15) is 0 Å². The molecule has 2 N–H and O–H groups in total. The van der Waals surface area contributed by atoms with Gasteiger partial charge < -0.3 is 5.73 Å². The van der Waals surface area contributed by atoms with Gasteiger partial charge in [0.05, 0.1) is 0 Å². The molecular formula is C11H15NS. The smallest absolute Gasteiger partial charge is 0.0340 e. The zero-order valence-corrected chi connectivity index (χ0v) is 8.90. The molecule has 1 aliphatic rings. The Morgan fingerprint density at radius 2 is 2.23 bits per heavy atom. The van der Waals surface area contributed by atoms with Crippen LogP contribution < -0.4 is 5.73 Å². The molecule has 2 rings (SSSR count). The minimum atomic E-state index is 0.233. The molecule has 1 nitrogen and oxygen atoms in total. The van der Waals surface area contributed by atoms with Gasteiger partial charge in [0.15, 0.2) is 0 Å². The standard InChI is InChI=1S/C11H15NS/c1-7-4-3-5-9-10(12)8(2)6-13-11(7)9/h3-5,8,10H,6,12H2,1-2H3. The monoisotopic (exact) mass is 193 g/mol. The van der Waals surface area contributed by atoms with Crippen LogP contribution in [0.4, 0.5) is 0 Å². The maximum atomic E-state index is 6.15. The second-order valence-electron chi connectivity index (χ2n) is 3.81. The molecule has 70 valence electrons. The molecule has 2 unspecified atom stereocenters. The molecule has 0 radical (unpaired) electrons. The molecule has 13 heavy (non-hydrogen) atoms. The Morgan fingerprint density at radius 3 is 3.00 bits per heavy atom. The summed E-state index contributed by atoms with van der Waals surface area (Å²) in [4.78, 5) is 1.41. The van der Waals surface area contributed by atoms with Crippen molar-refractivity contribution in [3.63, 3.8) is 0 Å². The molecule has 0 amide bonds. The molecule has 2 atom stereocenters. The van der Waals surface area contributed by atoms with Crippen LogP contribution in [0.2, 0.25) is 0 Å². The molecule has 1 aliphatic heterocycles. The summed E-state index contributed by atoms with van der Waals surface area (Å²) in [6, 6.07) is 6.66. The van der Waals surface area contributed by atoms with Crippen molar-refractivity contribution in [1.29, 1.82) is 0 Å². The van der Waals surface area contributed by atoms with Gasteiger partial charge in [0, 0.05) is 16.7 Å². The Hall–Kier alpha value is -0.470. The topological polar surface area (TPSA) is 26.0 Å². The predicted molar refractivity (Wildman–Crippen MR) is 58.0 cm³/mol. The van der Waals surface area contributed by atoms with Crippen molar-refractivity contribution in [3.05, 3.63) is 29.3 Å². The summed E-state index contributed by atoms with van der Waals surface area (Å²) in [6.45, 7) is 4.39. The molecule has 0 aliphatic carbocycles. The third-order valence-corrected chi connectivity index (χ3v) is 4.24. The number of benzene rings is 1. The lowest BCUT2D eigenvalue weighted by Crippen LogP contribution is -2.25. The fraction of sp³-hybridized carbons (Fsp3) is 0.455. The molecule has 0 saturated heterocycles. The first kappa shape index (κ1) is 9.10. The predicted octanol–water partition coefficient (Wildman–Crippen LogP) is 2.74. The molecule has 1 aromatic carbocycles. The first-order valence-electron chi connectivity index (χ1n) is 4.68. The SMILES string of the molecule is Cc1cccc2c1SCC(C)C2N. The molecule has 0 aromatic heterocycles. The lowest BCUT2D eigenvalue weighted by atomic mass is 9.95. The maximum Gasteiger partial charge on any atom is 0.0340 e. The van der Waals surface area contributed by atoms with Gasteiger partial charge in [-0.2, -0.15) is 0 Å². The molecule has 1 heterocycles. The van der Waals surface area contributed by atoms with Gasteiger partial charge in [-0.25, -0.2) is 0 Å². The summed E-state index contributed by atoms with van der Waals surface area (Å²) >= 11 is 1.95. The van der Waals surface area contributed by atoms with E-state index in [0.29, 0.717) is 5.92 Å². The van der Waals surface area contributed by atoms with Crippen molar-refractivity contribution >= 4 is 11.8 Å². The van der Waals surface area contributed by atoms with E-state index in [0.717, 1.165) is 5.75 Å². The van der Waals surface area contributed by atoms with Gasteiger partial charge in [-0.1, -0.05) is 25.1 Å². The van der Waals surface area contributed by atoms with Crippen LogP contribution in [0.3, 0.4) is 0 Å². The highest BCUT2D eigenvalue weighted by atomic mass is 32.2. The minimum Gasteiger partial charge on any atom is -0.324 e. The Bertz CT molecular complexity index is 322. The number of aryl methyl sites for hydroxylation is 1. The van der Waals surface area contributed by atoms with Gasteiger partial charge >= 0.3 is 0 Å². The summed E-state index contributed by atoms with van der Waals surface area (Å²) in [6.07, 6.45) is 0. The molecular weight excluding hydrogens is 178 g/mol. The second-order valence-corrected chi connectivity index (χ2v) is 4.84. The first-order chi connectivity index (χ1) is 6.20. The van der Waals surface area contributed by atoms with E-state index in [1.165, 1.54) is 16.0 Å². The molecule has 0 bridgehead atoms. The fourth-order valence-electron chi connectivity index (χ4n) is 1.76. The Balaban J connectivity index is 2.49. The van der Waals surface area contributed by atoms with Crippen LogP contribution in [0.15, 0.2) is 23.1 Å². The van der Waals surface area contributed by atoms with Crippen LogP contribution in [0, 0.1) is 12.8 Å². The number of nitrogens with two attached hydrogens (primary N) is 1. The summed E-state index contributed by atoms with van der Waals surface area (Å²) in [5.74, 6) is 1.75. The number of thioether (sulfide) groups is 1. The van der Waals surface area contributed by atoms with Gasteiger partial charge in [0.25, 0.3) is 0 Å². The van der Waals surface area contributed by atoms with Crippen LogP contribution in [-0.4, -0.2) is 5.75 Å². The Kier molecular flexibility index (Phi) is 2.35. The van der Waals surface area contributed by atoms with E-state index >= 15 is 0 Å². The largest absolute Gasteiger partial charge is 0.324 e. The minimum absolute atomic E-state index is 0.233. The number of fused-ring (bicyclic) bond motifs is 1. The van der Waals surface area contributed by atoms with E-state index in [4.69, 9.17) is 5.73 Å². The molecule has 1 aromatic rings. The average molecular weight is 193 g/mol.